The predicted molar refractivity (Wildman–Crippen MR) is 199 cm³/mol. The number of rotatable bonds is 15. The van der Waals surface area contributed by atoms with E-state index in [0.29, 0.717) is 47.2 Å². The van der Waals surface area contributed by atoms with Gasteiger partial charge in [-0.05, 0) is 108 Å². The van der Waals surface area contributed by atoms with Gasteiger partial charge >= 0.3 is 0 Å². The maximum Gasteiger partial charge on any atom is 0.233 e. The molecule has 0 fully saturated rings. The predicted octanol–water partition coefficient (Wildman–Crippen LogP) is 8.69. The molecule has 0 atom stereocenters. The Balaban J connectivity index is 1.13. The summed E-state index contributed by atoms with van der Waals surface area (Å²) in [4.78, 5) is 27.5. The summed E-state index contributed by atoms with van der Waals surface area (Å²) >= 11 is 0. The molecule has 6 N–H and O–H groups in total. The van der Waals surface area contributed by atoms with Crippen LogP contribution in [0.4, 0.5) is 57.9 Å². The van der Waals surface area contributed by atoms with Crippen LogP contribution in [0, 0.1) is 0 Å². The normalized spacial score (nSPS) is 10.6. The highest BCUT2D eigenvalue weighted by molar-refractivity contribution is 8.76. The Morgan fingerprint density at radius 3 is 1.04 bits per heavy atom. The summed E-state index contributed by atoms with van der Waals surface area (Å²) in [6, 6.07) is 35.9. The zero-order chi connectivity index (χ0) is 33.0. The van der Waals surface area contributed by atoms with Crippen LogP contribution in [0.1, 0.15) is 13.8 Å². The lowest BCUT2D eigenvalue weighted by atomic mass is 10.2. The van der Waals surface area contributed by atoms with E-state index in [4.69, 9.17) is 0 Å². The Labute approximate surface area is 286 Å². The Morgan fingerprint density at radius 2 is 0.688 bits per heavy atom. The van der Waals surface area contributed by atoms with Crippen LogP contribution in [-0.2, 0) is 0 Å². The van der Waals surface area contributed by atoms with E-state index < -0.39 is 0 Å². The zero-order valence-electron chi connectivity index (χ0n) is 26.3. The number of hydrogen-bond donors (Lipinski definition) is 6. The van der Waals surface area contributed by atoms with Crippen LogP contribution < -0.4 is 31.9 Å². The number of nitrogens with zero attached hydrogens (tertiary/aromatic N) is 6. The fraction of sp³-hybridized carbons (Fsp3) is 0.118. The van der Waals surface area contributed by atoms with E-state index in [2.05, 4.69) is 61.8 Å². The second kappa shape index (κ2) is 16.3. The van der Waals surface area contributed by atoms with Crippen LogP contribution in [-0.4, -0.2) is 43.0 Å². The number of para-hydroxylation sites is 2. The van der Waals surface area contributed by atoms with Gasteiger partial charge in [0.2, 0.25) is 34.1 Å². The highest BCUT2D eigenvalue weighted by atomic mass is 33.1. The summed E-state index contributed by atoms with van der Waals surface area (Å²) in [5, 5.41) is 20.7. The molecule has 48 heavy (non-hydrogen) atoms. The quantitative estimate of drug-likeness (QED) is 0.0576. The third-order valence-corrected chi connectivity index (χ3v) is 8.39. The average Bonchev–Trinajstić information content (AvgIpc) is 3.10. The molecular weight excluding hydrogens is 641 g/mol. The van der Waals surface area contributed by atoms with Gasteiger partial charge in [-0.25, -0.2) is 0 Å². The van der Waals surface area contributed by atoms with Gasteiger partial charge in [0.1, 0.15) is 0 Å². The number of hydrogen-bond acceptors (Lipinski definition) is 14. The molecule has 0 saturated carbocycles. The fourth-order valence-corrected chi connectivity index (χ4v) is 5.89. The highest BCUT2D eigenvalue weighted by Crippen LogP contribution is 2.35. The van der Waals surface area contributed by atoms with Gasteiger partial charge < -0.3 is 31.9 Å². The third kappa shape index (κ3) is 9.47. The molecule has 0 spiro atoms. The van der Waals surface area contributed by atoms with Gasteiger partial charge in [0.05, 0.1) is 0 Å². The number of nitrogens with one attached hydrogen (secondary N) is 6. The van der Waals surface area contributed by atoms with E-state index in [1.165, 1.54) is 21.6 Å². The molecule has 4 aromatic carbocycles. The van der Waals surface area contributed by atoms with Crippen molar-refractivity contribution in [3.63, 3.8) is 0 Å². The van der Waals surface area contributed by atoms with Crippen molar-refractivity contribution in [1.29, 1.82) is 0 Å². The summed E-state index contributed by atoms with van der Waals surface area (Å²) in [5.41, 5.74) is 5.69. The lowest BCUT2D eigenvalue weighted by Crippen LogP contribution is -2.08. The molecule has 0 bridgehead atoms. The summed E-state index contributed by atoms with van der Waals surface area (Å²) in [7, 11) is 2.67. The standard InChI is InChI=1S/C34H34N12S2/c1-3-35-29-41-31(39-27-19-15-25(16-20-27)37-23-11-7-5-8-12-23)45-33(43-29)47-48-34-44-30(36-4-2)42-32(46-34)40-28-21-17-26(18-22-28)38-24-13-9-6-10-14-24/h5-22,37-38H,3-4H2,1-2H3,(H2,35,39,41,43,45)(H2,36,40,42,44,46). The van der Waals surface area contributed by atoms with E-state index >= 15 is 0 Å². The van der Waals surface area contributed by atoms with E-state index in [-0.39, 0.29) is 0 Å². The van der Waals surface area contributed by atoms with Gasteiger partial charge in [-0.15, -0.1) is 0 Å². The minimum Gasteiger partial charge on any atom is -0.356 e. The summed E-state index contributed by atoms with van der Waals surface area (Å²) < 4.78 is 0. The molecule has 2 heterocycles. The first kappa shape index (κ1) is 32.3. The summed E-state index contributed by atoms with van der Waals surface area (Å²) in [6.45, 7) is 5.31. The monoisotopic (exact) mass is 674 g/mol. The van der Waals surface area contributed by atoms with Crippen molar-refractivity contribution >= 4 is 79.5 Å². The smallest absolute Gasteiger partial charge is 0.233 e. The summed E-state index contributed by atoms with van der Waals surface area (Å²) in [5.74, 6) is 1.78. The van der Waals surface area contributed by atoms with Crippen molar-refractivity contribution in [3.8, 4) is 0 Å². The molecular formula is C34H34N12S2. The molecule has 0 aliphatic heterocycles. The number of benzene rings is 4. The van der Waals surface area contributed by atoms with E-state index in [9.17, 15) is 0 Å². The summed E-state index contributed by atoms with van der Waals surface area (Å²) in [6.07, 6.45) is 0. The molecule has 0 radical (unpaired) electrons. The molecule has 14 heteroatoms. The number of aromatic nitrogens is 6. The molecule has 0 unspecified atom stereocenters. The van der Waals surface area contributed by atoms with Crippen molar-refractivity contribution in [3.05, 3.63) is 109 Å². The molecule has 12 nitrogen and oxygen atoms in total. The SMILES string of the molecule is CCNc1nc(Nc2ccc(Nc3ccccc3)cc2)nc(SSc2nc(NCC)nc(Nc3ccc(Nc4ccccc4)cc3)n2)n1. The molecule has 0 aliphatic rings. The fourth-order valence-electron chi connectivity index (χ4n) is 4.36. The largest absolute Gasteiger partial charge is 0.356 e. The van der Waals surface area contributed by atoms with Crippen LogP contribution in [0.3, 0.4) is 0 Å². The first-order valence-corrected chi connectivity index (χ1v) is 17.5. The van der Waals surface area contributed by atoms with Crippen molar-refractivity contribution in [2.45, 2.75) is 24.2 Å². The first-order valence-electron chi connectivity index (χ1n) is 15.3. The Morgan fingerprint density at radius 1 is 0.375 bits per heavy atom. The van der Waals surface area contributed by atoms with Gasteiger partial charge in [0.25, 0.3) is 0 Å². The van der Waals surface area contributed by atoms with Gasteiger partial charge in [-0.2, -0.15) is 29.9 Å². The van der Waals surface area contributed by atoms with Crippen molar-refractivity contribution in [2.75, 3.05) is 45.0 Å². The minimum atomic E-state index is 0.421. The molecule has 0 amide bonds. The van der Waals surface area contributed by atoms with Crippen molar-refractivity contribution in [2.24, 2.45) is 0 Å². The zero-order valence-corrected chi connectivity index (χ0v) is 27.9. The third-order valence-electron chi connectivity index (χ3n) is 6.50. The van der Waals surface area contributed by atoms with Gasteiger partial charge in [-0.1, -0.05) is 36.4 Å². The van der Waals surface area contributed by atoms with Crippen LogP contribution in [0.2, 0.25) is 0 Å². The Hall–Kier alpha value is -5.60. The van der Waals surface area contributed by atoms with Gasteiger partial charge in [0.15, 0.2) is 0 Å². The number of anilines is 10. The van der Waals surface area contributed by atoms with E-state index in [1.54, 1.807) is 0 Å². The Kier molecular flexibility index (Phi) is 11.0. The van der Waals surface area contributed by atoms with Crippen molar-refractivity contribution in [1.82, 2.24) is 29.9 Å². The average molecular weight is 675 g/mol. The lowest BCUT2D eigenvalue weighted by molar-refractivity contribution is 0.905. The molecule has 6 rings (SSSR count). The van der Waals surface area contributed by atoms with Gasteiger partial charge in [-0.3, -0.25) is 0 Å². The van der Waals surface area contributed by atoms with Crippen LogP contribution in [0.15, 0.2) is 120 Å². The maximum atomic E-state index is 4.65. The first-order chi connectivity index (χ1) is 23.6. The Bertz CT molecular complexity index is 1750. The second-order valence-electron chi connectivity index (χ2n) is 10.1. The second-order valence-corrected chi connectivity index (χ2v) is 12.2. The van der Waals surface area contributed by atoms with Crippen LogP contribution in [0.5, 0.6) is 0 Å². The van der Waals surface area contributed by atoms with Crippen LogP contribution >= 0.6 is 21.6 Å². The topological polar surface area (TPSA) is 150 Å². The molecule has 242 valence electrons. The van der Waals surface area contributed by atoms with Crippen molar-refractivity contribution < 1.29 is 0 Å². The molecule has 6 aromatic rings. The maximum absolute atomic E-state index is 4.65. The highest BCUT2D eigenvalue weighted by Gasteiger charge is 2.13. The minimum absolute atomic E-state index is 0.421. The lowest BCUT2D eigenvalue weighted by Gasteiger charge is -2.11. The molecule has 0 saturated heterocycles. The molecule has 0 aliphatic carbocycles. The van der Waals surface area contributed by atoms with Crippen LogP contribution in [0.25, 0.3) is 0 Å². The van der Waals surface area contributed by atoms with E-state index in [1.807, 2.05) is 123 Å². The van der Waals surface area contributed by atoms with Gasteiger partial charge in [0, 0.05) is 47.2 Å². The van der Waals surface area contributed by atoms with E-state index in [0.717, 1.165) is 34.1 Å². The molecule has 2 aromatic heterocycles.